The summed E-state index contributed by atoms with van der Waals surface area (Å²) in [5.74, 6) is -1.52. The smallest absolute Gasteiger partial charge is 0.328 e. The third-order valence-electron chi connectivity index (χ3n) is 3.04. The molecule has 1 aromatic heterocycles. The fourth-order valence-electron chi connectivity index (χ4n) is 1.98. The molecule has 0 radical (unpaired) electrons. The van der Waals surface area contributed by atoms with Crippen molar-refractivity contribution in [2.24, 2.45) is 0 Å². The minimum atomic E-state index is -1.07. The van der Waals surface area contributed by atoms with E-state index in [9.17, 15) is 14.4 Å². The second-order valence-corrected chi connectivity index (χ2v) is 5.37. The van der Waals surface area contributed by atoms with Crippen molar-refractivity contribution in [3.05, 3.63) is 28.0 Å². The van der Waals surface area contributed by atoms with Gasteiger partial charge in [-0.15, -0.1) is 11.3 Å². The van der Waals surface area contributed by atoms with Crippen molar-refractivity contribution < 1.29 is 19.5 Å². The number of carbonyl (C=O) groups excluding carboxylic acids is 2. The van der Waals surface area contributed by atoms with Crippen LogP contribution in [0.1, 0.15) is 21.7 Å². The van der Waals surface area contributed by atoms with Gasteiger partial charge in [-0.2, -0.15) is 0 Å². The molecule has 1 unspecified atom stereocenters. The largest absolute Gasteiger partial charge is 0.478 e. The highest BCUT2D eigenvalue weighted by atomic mass is 32.1. The van der Waals surface area contributed by atoms with Gasteiger partial charge in [0.2, 0.25) is 5.91 Å². The summed E-state index contributed by atoms with van der Waals surface area (Å²) in [4.78, 5) is 36.3. The Labute approximate surface area is 119 Å². The average molecular weight is 294 g/mol. The summed E-state index contributed by atoms with van der Waals surface area (Å²) in [6.07, 6.45) is 2.94. The number of hydrogen-bond acceptors (Lipinski definition) is 4. The second kappa shape index (κ2) is 5.87. The molecule has 2 N–H and O–H groups in total. The molecule has 0 aliphatic carbocycles. The fraction of sp³-hybridized carbons (Fsp3) is 0.308. The van der Waals surface area contributed by atoms with Gasteiger partial charge in [0.05, 0.1) is 4.88 Å². The molecule has 2 heterocycles. The maximum absolute atomic E-state index is 12.1. The van der Waals surface area contributed by atoms with E-state index in [0.29, 0.717) is 23.4 Å². The van der Waals surface area contributed by atoms with Crippen LogP contribution in [-0.2, 0) is 9.59 Å². The van der Waals surface area contributed by atoms with E-state index in [4.69, 9.17) is 5.11 Å². The Morgan fingerprint density at radius 2 is 2.30 bits per heavy atom. The molecule has 1 atom stereocenters. The molecule has 1 aliphatic rings. The van der Waals surface area contributed by atoms with Crippen molar-refractivity contribution in [3.63, 3.8) is 0 Å². The summed E-state index contributed by atoms with van der Waals surface area (Å²) in [6.45, 7) is 0.625. The predicted octanol–water partition coefficient (Wildman–Crippen LogP) is 0.806. The van der Waals surface area contributed by atoms with Crippen LogP contribution in [0.3, 0.4) is 0 Å². The normalized spacial score (nSPS) is 18.8. The number of amides is 2. The van der Waals surface area contributed by atoms with E-state index >= 15 is 0 Å². The molecule has 106 valence electrons. The molecule has 7 heteroatoms. The van der Waals surface area contributed by atoms with Crippen LogP contribution in [0.25, 0.3) is 6.08 Å². The number of carboxylic acid groups (broad SMARTS) is 1. The van der Waals surface area contributed by atoms with Crippen LogP contribution < -0.4 is 5.32 Å². The van der Waals surface area contributed by atoms with Crippen molar-refractivity contribution in [1.82, 2.24) is 10.2 Å². The lowest BCUT2D eigenvalue weighted by molar-refractivity contribution is -0.131. The van der Waals surface area contributed by atoms with Gasteiger partial charge in [-0.05, 0) is 29.5 Å². The maximum atomic E-state index is 12.1. The maximum Gasteiger partial charge on any atom is 0.328 e. The van der Waals surface area contributed by atoms with Crippen LogP contribution in [0.4, 0.5) is 0 Å². The molecule has 2 rings (SSSR count). The van der Waals surface area contributed by atoms with Crippen LogP contribution in [0.2, 0.25) is 0 Å². The van der Waals surface area contributed by atoms with E-state index in [1.165, 1.54) is 17.4 Å². The van der Waals surface area contributed by atoms with Gasteiger partial charge in [-0.3, -0.25) is 9.59 Å². The Morgan fingerprint density at radius 1 is 1.55 bits per heavy atom. The Bertz CT molecular complexity index is 579. The zero-order chi connectivity index (χ0) is 14.7. The third-order valence-corrected chi connectivity index (χ3v) is 3.97. The highest BCUT2D eigenvalue weighted by Gasteiger charge is 2.30. The number of rotatable bonds is 4. The Hall–Kier alpha value is -2.15. The topological polar surface area (TPSA) is 86.7 Å². The molecule has 2 amide bonds. The number of likely N-dealkylation sites (tertiary alicyclic amines) is 1. The number of aliphatic carboxylic acids is 1. The van der Waals surface area contributed by atoms with Crippen LogP contribution in [0, 0.1) is 0 Å². The molecule has 1 fully saturated rings. The Morgan fingerprint density at radius 3 is 2.90 bits per heavy atom. The quantitative estimate of drug-likeness (QED) is 0.804. The second-order valence-electron chi connectivity index (χ2n) is 4.45. The minimum Gasteiger partial charge on any atom is -0.478 e. The number of carboxylic acids is 1. The van der Waals surface area contributed by atoms with E-state index in [1.54, 1.807) is 23.4 Å². The summed E-state index contributed by atoms with van der Waals surface area (Å²) in [6, 6.07) is 1.17. The molecule has 1 aromatic rings. The van der Waals surface area contributed by atoms with Gasteiger partial charge in [-0.25, -0.2) is 4.79 Å². The van der Waals surface area contributed by atoms with Crippen molar-refractivity contribution >= 4 is 35.2 Å². The zero-order valence-corrected chi connectivity index (χ0v) is 11.6. The molecular weight excluding hydrogens is 280 g/mol. The minimum absolute atomic E-state index is 0.0995. The predicted molar refractivity (Wildman–Crippen MR) is 74.5 cm³/mol. The Kier molecular flexibility index (Phi) is 4.19. The molecule has 1 aliphatic heterocycles. The van der Waals surface area contributed by atoms with E-state index in [2.05, 4.69) is 5.32 Å². The molecule has 0 saturated carbocycles. The highest BCUT2D eigenvalue weighted by Crippen LogP contribution is 2.19. The first kappa shape index (κ1) is 14.3. The molecular formula is C13H14N2O4S. The number of thiophene rings is 1. The van der Waals surface area contributed by atoms with Crippen LogP contribution in [-0.4, -0.2) is 47.4 Å². The zero-order valence-electron chi connectivity index (χ0n) is 10.8. The lowest BCUT2D eigenvalue weighted by Gasteiger charge is -2.11. The molecule has 1 saturated heterocycles. The SMILES string of the molecule is CN1CCC(NC(=O)c2sccc2/C=C/C(=O)O)C1=O. The van der Waals surface area contributed by atoms with Crippen LogP contribution in [0.15, 0.2) is 17.5 Å². The standard InChI is InChI=1S/C13H14N2O4S/c1-15-6-4-9(13(15)19)14-12(18)11-8(5-7-20-11)2-3-10(16)17/h2-3,5,7,9H,4,6H2,1H3,(H,14,18)(H,16,17)/b3-2+. The van der Waals surface area contributed by atoms with E-state index in [1.807, 2.05) is 0 Å². The molecule has 20 heavy (non-hydrogen) atoms. The average Bonchev–Trinajstić information content (AvgIpc) is 2.98. The highest BCUT2D eigenvalue weighted by molar-refractivity contribution is 7.12. The summed E-state index contributed by atoms with van der Waals surface area (Å²) >= 11 is 1.21. The van der Waals surface area contributed by atoms with Crippen molar-refractivity contribution in [1.29, 1.82) is 0 Å². The van der Waals surface area contributed by atoms with E-state index < -0.39 is 12.0 Å². The van der Waals surface area contributed by atoms with E-state index in [0.717, 1.165) is 6.08 Å². The number of nitrogens with zero attached hydrogens (tertiary/aromatic N) is 1. The third kappa shape index (κ3) is 3.05. The van der Waals surface area contributed by atoms with Crippen molar-refractivity contribution in [3.8, 4) is 0 Å². The van der Waals surface area contributed by atoms with Gasteiger partial charge < -0.3 is 15.3 Å². The van der Waals surface area contributed by atoms with Crippen molar-refractivity contribution in [2.45, 2.75) is 12.5 Å². The molecule has 6 nitrogen and oxygen atoms in total. The summed E-state index contributed by atoms with van der Waals surface area (Å²) < 4.78 is 0. The lowest BCUT2D eigenvalue weighted by atomic mass is 10.2. The van der Waals surface area contributed by atoms with Crippen LogP contribution in [0.5, 0.6) is 0 Å². The van der Waals surface area contributed by atoms with Crippen molar-refractivity contribution in [2.75, 3.05) is 13.6 Å². The number of likely N-dealkylation sites (N-methyl/N-ethyl adjacent to an activating group) is 1. The van der Waals surface area contributed by atoms with Gasteiger partial charge in [-0.1, -0.05) is 0 Å². The van der Waals surface area contributed by atoms with Gasteiger partial charge in [0, 0.05) is 19.7 Å². The number of hydrogen-bond donors (Lipinski definition) is 2. The number of carbonyl (C=O) groups is 3. The Balaban J connectivity index is 2.09. The summed E-state index contributed by atoms with van der Waals surface area (Å²) in [5, 5.41) is 13.0. The number of nitrogens with one attached hydrogen (secondary N) is 1. The monoisotopic (exact) mass is 294 g/mol. The van der Waals surface area contributed by atoms with Gasteiger partial charge >= 0.3 is 5.97 Å². The van der Waals surface area contributed by atoms with Gasteiger partial charge in [0.15, 0.2) is 0 Å². The first-order valence-corrected chi connectivity index (χ1v) is 6.91. The molecule has 0 spiro atoms. The molecule has 0 aromatic carbocycles. The fourth-order valence-corrected chi connectivity index (χ4v) is 2.77. The lowest BCUT2D eigenvalue weighted by Crippen LogP contribution is -2.40. The molecule has 0 bridgehead atoms. The summed E-state index contributed by atoms with van der Waals surface area (Å²) in [5.41, 5.74) is 0.536. The van der Waals surface area contributed by atoms with Gasteiger partial charge in [0.25, 0.3) is 5.91 Å². The van der Waals surface area contributed by atoms with E-state index in [-0.39, 0.29) is 11.8 Å². The first-order chi connectivity index (χ1) is 9.49. The van der Waals surface area contributed by atoms with Gasteiger partial charge in [0.1, 0.15) is 6.04 Å². The van der Waals surface area contributed by atoms with Crippen LogP contribution >= 0.6 is 11.3 Å². The summed E-state index contributed by atoms with van der Waals surface area (Å²) in [7, 11) is 1.70. The first-order valence-electron chi connectivity index (χ1n) is 6.03.